The van der Waals surface area contributed by atoms with Crippen LogP contribution in [0.25, 0.3) is 0 Å². The zero-order chi connectivity index (χ0) is 12.0. The summed E-state index contributed by atoms with van der Waals surface area (Å²) in [5.74, 6) is 0.525. The fourth-order valence-electron chi connectivity index (χ4n) is 0.869. The maximum absolute atomic E-state index is 11.7. The van der Waals surface area contributed by atoms with Gasteiger partial charge in [0.15, 0.2) is 0 Å². The summed E-state index contributed by atoms with van der Waals surface area (Å²) in [6.45, 7) is -1.02. The molecule has 0 unspecified atom stereocenters. The van der Waals surface area contributed by atoms with Crippen molar-refractivity contribution >= 4 is 21.7 Å². The maximum Gasteiger partial charge on any atom is 0.411 e. The summed E-state index contributed by atoms with van der Waals surface area (Å²) in [6.07, 6.45) is -2.94. The number of hydrogen-bond donors (Lipinski definition) is 1. The number of nitrogens with zero attached hydrogens (tertiary/aromatic N) is 2. The van der Waals surface area contributed by atoms with Crippen LogP contribution in [-0.4, -0.2) is 35.9 Å². The number of aromatic nitrogens is 2. The molecule has 0 saturated carbocycles. The Balaban J connectivity index is 2.17. The average Bonchev–Trinajstić information content (AvgIpc) is 2.15. The van der Waals surface area contributed by atoms with Crippen LogP contribution in [0, 0.1) is 0 Å². The van der Waals surface area contributed by atoms with Crippen LogP contribution in [-0.2, 0) is 4.74 Å². The van der Waals surface area contributed by atoms with Crippen molar-refractivity contribution in [1.82, 2.24) is 9.97 Å². The van der Waals surface area contributed by atoms with Crippen molar-refractivity contribution in [2.75, 3.05) is 25.1 Å². The number of alkyl halides is 3. The summed E-state index contributed by atoms with van der Waals surface area (Å²) in [5.41, 5.74) is 0. The molecule has 0 aliphatic rings. The van der Waals surface area contributed by atoms with Crippen LogP contribution in [0.2, 0.25) is 0 Å². The van der Waals surface area contributed by atoms with Crippen molar-refractivity contribution < 1.29 is 17.9 Å². The molecule has 16 heavy (non-hydrogen) atoms. The first-order chi connectivity index (χ1) is 7.47. The summed E-state index contributed by atoms with van der Waals surface area (Å²) in [7, 11) is 0. The molecule has 4 nitrogen and oxygen atoms in total. The molecule has 1 rings (SSSR count). The smallest absolute Gasteiger partial charge is 0.370 e. The fourth-order valence-corrected chi connectivity index (χ4v) is 1.18. The van der Waals surface area contributed by atoms with Gasteiger partial charge in [0.1, 0.15) is 23.4 Å². The second kappa shape index (κ2) is 6.00. The van der Waals surface area contributed by atoms with E-state index in [1.807, 2.05) is 0 Å². The number of anilines is 1. The van der Waals surface area contributed by atoms with Gasteiger partial charge in [-0.3, -0.25) is 0 Å². The van der Waals surface area contributed by atoms with Crippen molar-refractivity contribution in [3.8, 4) is 0 Å². The third-order valence-electron chi connectivity index (χ3n) is 1.45. The number of rotatable bonds is 5. The van der Waals surface area contributed by atoms with Gasteiger partial charge in [0.2, 0.25) is 0 Å². The molecule has 0 amide bonds. The topological polar surface area (TPSA) is 47.0 Å². The standard InChI is InChI=1S/C8H9BrF3N3O/c9-6-3-7(15-5-14-6)13-1-2-16-4-8(10,11)12/h3,5H,1-2,4H2,(H,13,14,15). The lowest BCUT2D eigenvalue weighted by Crippen LogP contribution is -2.20. The molecule has 0 aliphatic heterocycles. The Morgan fingerprint density at radius 1 is 1.38 bits per heavy atom. The molecular weight excluding hydrogens is 291 g/mol. The fraction of sp³-hybridized carbons (Fsp3) is 0.500. The molecule has 0 saturated heterocycles. The average molecular weight is 300 g/mol. The van der Waals surface area contributed by atoms with Crippen molar-refractivity contribution in [3.05, 3.63) is 17.0 Å². The van der Waals surface area contributed by atoms with Gasteiger partial charge in [0, 0.05) is 12.6 Å². The minimum Gasteiger partial charge on any atom is -0.370 e. The summed E-state index contributed by atoms with van der Waals surface area (Å²) in [6, 6.07) is 1.61. The molecule has 8 heteroatoms. The van der Waals surface area contributed by atoms with E-state index < -0.39 is 12.8 Å². The Kier molecular flexibility index (Phi) is 4.94. The van der Waals surface area contributed by atoms with Crippen molar-refractivity contribution in [2.24, 2.45) is 0 Å². The van der Waals surface area contributed by atoms with Crippen molar-refractivity contribution in [3.63, 3.8) is 0 Å². The van der Waals surface area contributed by atoms with Crippen LogP contribution in [0.4, 0.5) is 19.0 Å². The van der Waals surface area contributed by atoms with Crippen LogP contribution >= 0.6 is 15.9 Å². The lowest BCUT2D eigenvalue weighted by atomic mass is 10.5. The van der Waals surface area contributed by atoms with E-state index in [4.69, 9.17) is 0 Å². The van der Waals surface area contributed by atoms with Gasteiger partial charge in [0.25, 0.3) is 0 Å². The monoisotopic (exact) mass is 299 g/mol. The number of ether oxygens (including phenoxy) is 1. The molecule has 0 aromatic carbocycles. The second-order valence-corrected chi connectivity index (χ2v) is 3.63. The van der Waals surface area contributed by atoms with Gasteiger partial charge in [-0.05, 0) is 15.9 Å². The summed E-state index contributed by atoms with van der Waals surface area (Å²) in [5, 5.41) is 2.80. The van der Waals surface area contributed by atoms with E-state index in [9.17, 15) is 13.2 Å². The molecule has 0 aliphatic carbocycles. The Labute approximate surface area is 98.4 Å². The third-order valence-corrected chi connectivity index (χ3v) is 1.89. The number of nitrogens with one attached hydrogen (secondary N) is 1. The van der Waals surface area contributed by atoms with E-state index in [-0.39, 0.29) is 13.2 Å². The molecule has 0 radical (unpaired) electrons. The van der Waals surface area contributed by atoms with Crippen LogP contribution in [0.5, 0.6) is 0 Å². The quantitative estimate of drug-likeness (QED) is 0.669. The first kappa shape index (κ1) is 13.2. The first-order valence-corrected chi connectivity index (χ1v) is 5.12. The molecule has 1 aromatic heterocycles. The highest BCUT2D eigenvalue weighted by Gasteiger charge is 2.27. The van der Waals surface area contributed by atoms with Crippen LogP contribution in [0.15, 0.2) is 17.0 Å². The summed E-state index contributed by atoms with van der Waals surface area (Å²) in [4.78, 5) is 7.66. The van der Waals surface area contributed by atoms with Gasteiger partial charge >= 0.3 is 6.18 Å². The number of halogens is 4. The molecule has 1 heterocycles. The predicted octanol–water partition coefficient (Wildman–Crippen LogP) is 2.23. The Morgan fingerprint density at radius 3 is 2.75 bits per heavy atom. The highest BCUT2D eigenvalue weighted by atomic mass is 79.9. The van der Waals surface area contributed by atoms with Gasteiger partial charge < -0.3 is 10.1 Å². The Morgan fingerprint density at radius 2 is 2.12 bits per heavy atom. The largest absolute Gasteiger partial charge is 0.411 e. The first-order valence-electron chi connectivity index (χ1n) is 4.33. The van der Waals surface area contributed by atoms with E-state index in [0.29, 0.717) is 10.4 Å². The van der Waals surface area contributed by atoms with Crippen LogP contribution in [0.1, 0.15) is 0 Å². The van der Waals surface area contributed by atoms with Crippen LogP contribution in [0.3, 0.4) is 0 Å². The van der Waals surface area contributed by atoms with Crippen molar-refractivity contribution in [1.29, 1.82) is 0 Å². The summed E-state index contributed by atoms with van der Waals surface area (Å²) >= 11 is 3.14. The van der Waals surface area contributed by atoms with Gasteiger partial charge in [-0.2, -0.15) is 13.2 Å². The maximum atomic E-state index is 11.7. The molecule has 0 atom stereocenters. The summed E-state index contributed by atoms with van der Waals surface area (Å²) < 4.78 is 40.1. The van der Waals surface area contributed by atoms with Crippen LogP contribution < -0.4 is 5.32 Å². The van der Waals surface area contributed by atoms with E-state index in [0.717, 1.165) is 0 Å². The number of hydrogen-bond acceptors (Lipinski definition) is 4. The van der Waals surface area contributed by atoms with E-state index in [2.05, 4.69) is 36.0 Å². The normalized spacial score (nSPS) is 11.5. The van der Waals surface area contributed by atoms with Gasteiger partial charge in [-0.25, -0.2) is 9.97 Å². The molecule has 1 N–H and O–H groups in total. The molecule has 0 spiro atoms. The minimum atomic E-state index is -4.28. The van der Waals surface area contributed by atoms with E-state index in [1.165, 1.54) is 6.33 Å². The van der Waals surface area contributed by atoms with Gasteiger partial charge in [-0.15, -0.1) is 0 Å². The highest BCUT2D eigenvalue weighted by molar-refractivity contribution is 9.10. The zero-order valence-corrected chi connectivity index (χ0v) is 9.68. The SMILES string of the molecule is FC(F)(F)COCCNc1cc(Br)ncn1. The molecule has 90 valence electrons. The third kappa shape index (κ3) is 5.86. The zero-order valence-electron chi connectivity index (χ0n) is 8.09. The Hall–Kier alpha value is -0.890. The van der Waals surface area contributed by atoms with E-state index in [1.54, 1.807) is 6.07 Å². The molecule has 0 bridgehead atoms. The molecule has 0 fully saturated rings. The Bertz CT molecular complexity index is 335. The van der Waals surface area contributed by atoms with Gasteiger partial charge in [-0.1, -0.05) is 0 Å². The van der Waals surface area contributed by atoms with Gasteiger partial charge in [0.05, 0.1) is 6.61 Å². The second-order valence-electron chi connectivity index (χ2n) is 2.82. The molecular formula is C8H9BrF3N3O. The van der Waals surface area contributed by atoms with Crippen molar-refractivity contribution in [2.45, 2.75) is 6.18 Å². The minimum absolute atomic E-state index is 0.0405. The lowest BCUT2D eigenvalue weighted by molar-refractivity contribution is -0.172. The highest BCUT2D eigenvalue weighted by Crippen LogP contribution is 2.14. The lowest BCUT2D eigenvalue weighted by Gasteiger charge is -2.08. The van der Waals surface area contributed by atoms with E-state index >= 15 is 0 Å². The molecule has 1 aromatic rings. The predicted molar refractivity (Wildman–Crippen MR) is 55.1 cm³/mol.